The number of aromatic nitrogens is 2. The van der Waals surface area contributed by atoms with Crippen LogP contribution in [0.3, 0.4) is 0 Å². The van der Waals surface area contributed by atoms with E-state index in [-0.39, 0.29) is 5.41 Å². The van der Waals surface area contributed by atoms with Gasteiger partial charge in [0.15, 0.2) is 0 Å². The van der Waals surface area contributed by atoms with Gasteiger partial charge >= 0.3 is 0 Å². The lowest BCUT2D eigenvalue weighted by atomic mass is 9.70. The molecule has 7 rings (SSSR count). The van der Waals surface area contributed by atoms with E-state index in [0.717, 1.165) is 43.7 Å². The number of fused-ring (bicyclic) bond motifs is 3. The molecule has 0 unspecified atom stereocenters. The third-order valence-corrected chi connectivity index (χ3v) is 11.2. The molecule has 212 valence electrons. The maximum absolute atomic E-state index is 13.1. The van der Waals surface area contributed by atoms with Crippen molar-refractivity contribution in [2.45, 2.75) is 108 Å². The highest BCUT2D eigenvalue weighted by Gasteiger charge is 2.44. The molecule has 1 saturated carbocycles. The summed E-state index contributed by atoms with van der Waals surface area (Å²) in [7, 11) is 0. The lowest BCUT2D eigenvalue weighted by molar-refractivity contribution is -0.133. The highest BCUT2D eigenvalue weighted by molar-refractivity contribution is 5.77. The minimum absolute atomic E-state index is 0.179. The van der Waals surface area contributed by atoms with Gasteiger partial charge in [0.05, 0.1) is 11.0 Å². The first kappa shape index (κ1) is 26.3. The smallest absolute Gasteiger partial charge is 0.222 e. The second-order valence-electron chi connectivity index (χ2n) is 13.4. The SMILES string of the molecule is Cc1nc2ccccc2n1[C@H]1C[C@H]2CC[C@@H](C1)N2CCC1(c2ccccc2)CCN(C(=O)CC2CCCC2)CC1. The topological polar surface area (TPSA) is 41.4 Å². The summed E-state index contributed by atoms with van der Waals surface area (Å²) in [5.41, 5.74) is 4.10. The van der Waals surface area contributed by atoms with Crippen LogP contribution in [0.4, 0.5) is 0 Å². The van der Waals surface area contributed by atoms with Crippen molar-refractivity contribution < 1.29 is 4.79 Å². The monoisotopic (exact) mass is 538 g/mol. The first-order chi connectivity index (χ1) is 19.6. The van der Waals surface area contributed by atoms with E-state index < -0.39 is 0 Å². The summed E-state index contributed by atoms with van der Waals surface area (Å²) < 4.78 is 2.54. The number of amides is 1. The predicted molar refractivity (Wildman–Crippen MR) is 161 cm³/mol. The molecular weight excluding hydrogens is 492 g/mol. The number of nitrogens with zero attached hydrogens (tertiary/aromatic N) is 4. The van der Waals surface area contributed by atoms with Crippen LogP contribution in [0.1, 0.15) is 94.5 Å². The highest BCUT2D eigenvalue weighted by Crippen LogP contribution is 2.45. The molecule has 2 aromatic carbocycles. The summed E-state index contributed by atoms with van der Waals surface area (Å²) in [5.74, 6) is 2.21. The Bertz CT molecular complexity index is 1300. The Labute approximate surface area is 239 Å². The molecular formula is C35H46N4O. The van der Waals surface area contributed by atoms with E-state index in [1.165, 1.54) is 75.4 Å². The minimum Gasteiger partial charge on any atom is -0.343 e. The molecule has 5 heteroatoms. The van der Waals surface area contributed by atoms with Gasteiger partial charge in [-0.3, -0.25) is 9.69 Å². The van der Waals surface area contributed by atoms with Crippen molar-refractivity contribution in [1.82, 2.24) is 19.4 Å². The molecule has 1 aliphatic carbocycles. The zero-order valence-corrected chi connectivity index (χ0v) is 24.3. The quantitative estimate of drug-likeness (QED) is 0.324. The lowest BCUT2D eigenvalue weighted by Crippen LogP contribution is -2.49. The molecule has 4 fully saturated rings. The van der Waals surface area contributed by atoms with Gasteiger partial charge in [-0.05, 0) is 100 Å². The van der Waals surface area contributed by atoms with Crippen molar-refractivity contribution in [1.29, 1.82) is 0 Å². The van der Waals surface area contributed by atoms with Crippen LogP contribution in [0.15, 0.2) is 54.6 Å². The van der Waals surface area contributed by atoms with Gasteiger partial charge in [0, 0.05) is 37.6 Å². The number of para-hydroxylation sites is 2. The number of imidazole rings is 1. The van der Waals surface area contributed by atoms with Crippen molar-refractivity contribution in [3.05, 3.63) is 66.0 Å². The van der Waals surface area contributed by atoms with Gasteiger partial charge in [-0.2, -0.15) is 0 Å². The Morgan fingerprint density at radius 1 is 0.875 bits per heavy atom. The molecule has 5 nitrogen and oxygen atoms in total. The second-order valence-corrected chi connectivity index (χ2v) is 13.4. The Hall–Kier alpha value is -2.66. The normalized spacial score (nSPS) is 27.0. The molecule has 0 N–H and O–H groups in total. The van der Waals surface area contributed by atoms with Crippen LogP contribution in [-0.4, -0.2) is 57.0 Å². The summed E-state index contributed by atoms with van der Waals surface area (Å²) >= 11 is 0. The largest absolute Gasteiger partial charge is 0.343 e. The fourth-order valence-electron chi connectivity index (χ4n) is 9.04. The van der Waals surface area contributed by atoms with Crippen LogP contribution in [0.2, 0.25) is 0 Å². The molecule has 3 saturated heterocycles. The van der Waals surface area contributed by atoms with Gasteiger partial charge in [-0.25, -0.2) is 4.98 Å². The van der Waals surface area contributed by atoms with Crippen LogP contribution < -0.4 is 0 Å². The van der Waals surface area contributed by atoms with Gasteiger partial charge in [0.1, 0.15) is 5.82 Å². The van der Waals surface area contributed by atoms with Gasteiger partial charge < -0.3 is 9.47 Å². The van der Waals surface area contributed by atoms with E-state index in [1.54, 1.807) is 0 Å². The van der Waals surface area contributed by atoms with Crippen molar-refractivity contribution in [2.24, 2.45) is 5.92 Å². The third kappa shape index (κ3) is 4.89. The van der Waals surface area contributed by atoms with Crippen molar-refractivity contribution in [3.8, 4) is 0 Å². The Morgan fingerprint density at radius 2 is 1.55 bits per heavy atom. The van der Waals surface area contributed by atoms with Crippen LogP contribution in [0.5, 0.6) is 0 Å². The molecule has 40 heavy (non-hydrogen) atoms. The molecule has 3 aliphatic heterocycles. The fraction of sp³-hybridized carbons (Fsp3) is 0.600. The molecule has 3 aromatic rings. The van der Waals surface area contributed by atoms with E-state index in [2.05, 4.69) is 75.9 Å². The summed E-state index contributed by atoms with van der Waals surface area (Å²) in [6, 6.07) is 21.8. The average Bonchev–Trinajstić information content (AvgIpc) is 3.68. The summed E-state index contributed by atoms with van der Waals surface area (Å²) in [5, 5.41) is 0. The third-order valence-electron chi connectivity index (χ3n) is 11.2. The summed E-state index contributed by atoms with van der Waals surface area (Å²) in [6.07, 6.45) is 14.4. The first-order valence-electron chi connectivity index (χ1n) is 16.1. The minimum atomic E-state index is 0.179. The van der Waals surface area contributed by atoms with Gasteiger partial charge in [-0.15, -0.1) is 0 Å². The zero-order chi connectivity index (χ0) is 27.1. The molecule has 0 spiro atoms. The number of hydrogen-bond acceptors (Lipinski definition) is 3. The van der Waals surface area contributed by atoms with Crippen LogP contribution in [0.25, 0.3) is 11.0 Å². The summed E-state index contributed by atoms with van der Waals surface area (Å²) in [6.45, 7) is 5.20. The van der Waals surface area contributed by atoms with Crippen LogP contribution in [0, 0.1) is 12.8 Å². The van der Waals surface area contributed by atoms with E-state index in [9.17, 15) is 4.79 Å². The Kier molecular flexibility index (Phi) is 7.20. The van der Waals surface area contributed by atoms with Crippen LogP contribution >= 0.6 is 0 Å². The molecule has 1 aromatic heterocycles. The maximum Gasteiger partial charge on any atom is 0.222 e. The van der Waals surface area contributed by atoms with E-state index in [4.69, 9.17) is 4.98 Å². The molecule has 3 atom stereocenters. The van der Waals surface area contributed by atoms with E-state index in [0.29, 0.717) is 30.0 Å². The lowest BCUT2D eigenvalue weighted by Gasteiger charge is -2.46. The Balaban J connectivity index is 1.04. The van der Waals surface area contributed by atoms with E-state index >= 15 is 0 Å². The predicted octanol–water partition coefficient (Wildman–Crippen LogP) is 7.04. The number of carbonyl (C=O) groups excluding carboxylic acids is 1. The Morgan fingerprint density at radius 3 is 2.27 bits per heavy atom. The molecule has 1 amide bonds. The molecule has 2 bridgehead atoms. The maximum atomic E-state index is 13.1. The fourth-order valence-corrected chi connectivity index (χ4v) is 9.04. The van der Waals surface area contributed by atoms with E-state index in [1.807, 2.05) is 0 Å². The molecule has 4 aliphatic rings. The number of likely N-dealkylation sites (tertiary alicyclic amines) is 1. The number of hydrogen-bond donors (Lipinski definition) is 0. The standard InChI is InChI=1S/C35H46N4O/c1-26-36-32-13-7-8-14-33(32)39(26)31-24-29-15-16-30(25-31)38(29)22-19-35(28-11-3-2-4-12-28)17-20-37(21-18-35)34(40)23-27-9-5-6-10-27/h2-4,7-8,11-14,27,29-31H,5-6,9-10,15-25H2,1H3/t29-,30+,31+. The molecule has 4 heterocycles. The highest BCUT2D eigenvalue weighted by atomic mass is 16.2. The zero-order valence-electron chi connectivity index (χ0n) is 24.3. The summed E-state index contributed by atoms with van der Waals surface area (Å²) in [4.78, 5) is 23.1. The first-order valence-corrected chi connectivity index (χ1v) is 16.1. The number of benzene rings is 2. The number of piperidine rings is 2. The van der Waals surface area contributed by atoms with Crippen LogP contribution in [-0.2, 0) is 10.2 Å². The van der Waals surface area contributed by atoms with Crippen molar-refractivity contribution >= 4 is 16.9 Å². The van der Waals surface area contributed by atoms with Gasteiger partial charge in [-0.1, -0.05) is 55.3 Å². The average molecular weight is 539 g/mol. The van der Waals surface area contributed by atoms with Gasteiger partial charge in [0.2, 0.25) is 5.91 Å². The van der Waals surface area contributed by atoms with Crippen molar-refractivity contribution in [3.63, 3.8) is 0 Å². The number of carbonyl (C=O) groups is 1. The van der Waals surface area contributed by atoms with Crippen molar-refractivity contribution in [2.75, 3.05) is 19.6 Å². The number of rotatable bonds is 7. The van der Waals surface area contributed by atoms with Gasteiger partial charge in [0.25, 0.3) is 0 Å². The molecule has 0 radical (unpaired) electrons. The second kappa shape index (κ2) is 11.0. The number of aryl methyl sites for hydroxylation is 1.